The summed E-state index contributed by atoms with van der Waals surface area (Å²) in [5.74, 6) is 0. The molecule has 1 fully saturated rings. The lowest BCUT2D eigenvalue weighted by Crippen LogP contribution is -2.29. The van der Waals surface area contributed by atoms with Gasteiger partial charge in [-0.15, -0.1) is 12.4 Å². The molecule has 14 heavy (non-hydrogen) atoms. The minimum Gasteiger partial charge on any atom is -0.384 e. The Hall–Kier alpha value is -0.570. The molecule has 0 aliphatic carbocycles. The average Bonchev–Trinajstić information content (AvgIpc) is 2.54. The van der Waals surface area contributed by atoms with E-state index in [9.17, 15) is 5.11 Å². The van der Waals surface area contributed by atoms with Gasteiger partial charge in [0, 0.05) is 6.54 Å². The van der Waals surface area contributed by atoms with E-state index in [1.54, 1.807) is 0 Å². The first kappa shape index (κ1) is 11.5. The highest BCUT2D eigenvalue weighted by atomic mass is 35.5. The van der Waals surface area contributed by atoms with Gasteiger partial charge in [0.2, 0.25) is 0 Å². The maximum absolute atomic E-state index is 10.3. The number of nitrogens with one attached hydrogen (secondary N) is 1. The normalized spacial score (nSPS) is 25.9. The molecule has 1 aliphatic heterocycles. The zero-order chi connectivity index (χ0) is 9.31. The molecule has 0 bridgehead atoms. The zero-order valence-corrected chi connectivity index (χ0v) is 9.10. The topological polar surface area (TPSA) is 32.3 Å². The fourth-order valence-corrected chi connectivity index (χ4v) is 2.00. The summed E-state index contributed by atoms with van der Waals surface area (Å²) in [5.41, 5.74) is 1.61. The van der Waals surface area contributed by atoms with Crippen molar-refractivity contribution < 1.29 is 5.11 Å². The Labute approximate surface area is 90.7 Å². The van der Waals surface area contributed by atoms with Crippen molar-refractivity contribution in [2.24, 2.45) is 0 Å². The van der Waals surface area contributed by atoms with Crippen LogP contribution in [0.15, 0.2) is 24.3 Å². The van der Waals surface area contributed by atoms with E-state index in [1.165, 1.54) is 5.56 Å². The van der Waals surface area contributed by atoms with Gasteiger partial charge in [-0.05, 0) is 31.0 Å². The number of β-amino-alcohol motifs (C(OH)–C–C–N with tert-alkyl or cyclic N) is 1. The molecule has 1 aromatic rings. The van der Waals surface area contributed by atoms with E-state index in [1.807, 2.05) is 31.2 Å². The first-order valence-electron chi connectivity index (χ1n) is 4.72. The van der Waals surface area contributed by atoms with Crippen molar-refractivity contribution in [1.82, 2.24) is 5.32 Å². The predicted octanol–water partition coefficient (Wildman–Crippen LogP) is 1.60. The van der Waals surface area contributed by atoms with Gasteiger partial charge in [-0.25, -0.2) is 0 Å². The summed E-state index contributed by atoms with van der Waals surface area (Å²) in [4.78, 5) is 0. The Morgan fingerprint density at radius 2 is 2.07 bits per heavy atom. The highest BCUT2D eigenvalue weighted by molar-refractivity contribution is 5.85. The van der Waals surface area contributed by atoms with Crippen LogP contribution >= 0.6 is 12.4 Å². The van der Waals surface area contributed by atoms with E-state index in [4.69, 9.17) is 0 Å². The van der Waals surface area contributed by atoms with Crippen LogP contribution in [0.1, 0.15) is 17.5 Å². The SMILES string of the molecule is Cc1ccccc1C1(O)CCNC1.Cl. The third-order valence-corrected chi connectivity index (χ3v) is 2.78. The van der Waals surface area contributed by atoms with Gasteiger partial charge >= 0.3 is 0 Å². The molecule has 0 amide bonds. The quantitative estimate of drug-likeness (QED) is 0.743. The number of aliphatic hydroxyl groups is 1. The number of aryl methyl sites for hydroxylation is 1. The average molecular weight is 214 g/mol. The van der Waals surface area contributed by atoms with Crippen LogP contribution in [-0.4, -0.2) is 18.2 Å². The molecular weight excluding hydrogens is 198 g/mol. The summed E-state index contributed by atoms with van der Waals surface area (Å²) in [6.07, 6.45) is 0.817. The molecule has 2 rings (SSSR count). The van der Waals surface area contributed by atoms with Crippen LogP contribution < -0.4 is 5.32 Å². The number of hydrogen-bond donors (Lipinski definition) is 2. The molecule has 1 atom stereocenters. The van der Waals surface area contributed by atoms with Crippen molar-refractivity contribution in [2.75, 3.05) is 13.1 Å². The molecular formula is C11H16ClNO. The Morgan fingerprint density at radius 3 is 2.64 bits per heavy atom. The van der Waals surface area contributed by atoms with Crippen LogP contribution in [-0.2, 0) is 5.60 Å². The number of benzene rings is 1. The Kier molecular flexibility index (Phi) is 3.53. The Balaban J connectivity index is 0.000000980. The first-order valence-corrected chi connectivity index (χ1v) is 4.72. The fourth-order valence-electron chi connectivity index (χ4n) is 2.00. The summed E-state index contributed by atoms with van der Waals surface area (Å²) >= 11 is 0. The van der Waals surface area contributed by atoms with Crippen molar-refractivity contribution in [3.8, 4) is 0 Å². The molecule has 0 spiro atoms. The zero-order valence-electron chi connectivity index (χ0n) is 8.29. The van der Waals surface area contributed by atoms with E-state index in [0.717, 1.165) is 18.5 Å². The van der Waals surface area contributed by atoms with Crippen LogP contribution in [0, 0.1) is 6.92 Å². The van der Waals surface area contributed by atoms with Gasteiger partial charge < -0.3 is 10.4 Å². The molecule has 1 saturated heterocycles. The second-order valence-electron chi connectivity index (χ2n) is 3.77. The summed E-state index contributed by atoms with van der Waals surface area (Å²) in [5, 5.41) is 13.5. The summed E-state index contributed by atoms with van der Waals surface area (Å²) in [6.45, 7) is 3.63. The summed E-state index contributed by atoms with van der Waals surface area (Å²) in [7, 11) is 0. The van der Waals surface area contributed by atoms with E-state index in [2.05, 4.69) is 5.32 Å². The monoisotopic (exact) mass is 213 g/mol. The number of halogens is 1. The molecule has 1 heterocycles. The van der Waals surface area contributed by atoms with Gasteiger partial charge in [0.25, 0.3) is 0 Å². The molecule has 2 N–H and O–H groups in total. The van der Waals surface area contributed by atoms with E-state index in [0.29, 0.717) is 6.54 Å². The molecule has 0 saturated carbocycles. The number of hydrogen-bond acceptors (Lipinski definition) is 2. The molecule has 3 heteroatoms. The minimum absolute atomic E-state index is 0. The fraction of sp³-hybridized carbons (Fsp3) is 0.455. The lowest BCUT2D eigenvalue weighted by Gasteiger charge is -2.23. The third kappa shape index (κ3) is 1.92. The van der Waals surface area contributed by atoms with Crippen molar-refractivity contribution in [1.29, 1.82) is 0 Å². The first-order chi connectivity index (χ1) is 6.22. The molecule has 78 valence electrons. The maximum Gasteiger partial charge on any atom is 0.103 e. The minimum atomic E-state index is -0.634. The lowest BCUT2D eigenvalue weighted by molar-refractivity contribution is 0.0581. The van der Waals surface area contributed by atoms with Crippen molar-refractivity contribution >= 4 is 12.4 Å². The maximum atomic E-state index is 10.3. The molecule has 1 aliphatic rings. The van der Waals surface area contributed by atoms with Crippen LogP contribution in [0.25, 0.3) is 0 Å². The van der Waals surface area contributed by atoms with Gasteiger partial charge in [-0.2, -0.15) is 0 Å². The third-order valence-electron chi connectivity index (χ3n) is 2.78. The van der Waals surface area contributed by atoms with Crippen LogP contribution in [0.5, 0.6) is 0 Å². The number of rotatable bonds is 1. The largest absolute Gasteiger partial charge is 0.384 e. The van der Waals surface area contributed by atoms with E-state index < -0.39 is 5.60 Å². The van der Waals surface area contributed by atoms with Crippen LogP contribution in [0.4, 0.5) is 0 Å². The molecule has 2 nitrogen and oxygen atoms in total. The highest BCUT2D eigenvalue weighted by Gasteiger charge is 2.33. The van der Waals surface area contributed by atoms with Gasteiger partial charge in [-0.1, -0.05) is 24.3 Å². The van der Waals surface area contributed by atoms with Crippen molar-refractivity contribution in [3.63, 3.8) is 0 Å². The Morgan fingerprint density at radius 1 is 1.36 bits per heavy atom. The van der Waals surface area contributed by atoms with Gasteiger partial charge in [0.1, 0.15) is 5.60 Å². The van der Waals surface area contributed by atoms with E-state index >= 15 is 0 Å². The molecule has 1 aromatic carbocycles. The van der Waals surface area contributed by atoms with Gasteiger partial charge in [0.05, 0.1) is 0 Å². The van der Waals surface area contributed by atoms with Crippen molar-refractivity contribution in [3.05, 3.63) is 35.4 Å². The predicted molar refractivity (Wildman–Crippen MR) is 59.8 cm³/mol. The van der Waals surface area contributed by atoms with Crippen LogP contribution in [0.2, 0.25) is 0 Å². The van der Waals surface area contributed by atoms with Crippen molar-refractivity contribution in [2.45, 2.75) is 18.9 Å². The summed E-state index contributed by atoms with van der Waals surface area (Å²) < 4.78 is 0. The lowest BCUT2D eigenvalue weighted by atomic mass is 9.90. The Bertz CT molecular complexity index is 308. The van der Waals surface area contributed by atoms with Gasteiger partial charge in [0.15, 0.2) is 0 Å². The molecule has 0 aromatic heterocycles. The van der Waals surface area contributed by atoms with Crippen LogP contribution in [0.3, 0.4) is 0 Å². The smallest absolute Gasteiger partial charge is 0.103 e. The molecule has 1 unspecified atom stereocenters. The summed E-state index contributed by atoms with van der Waals surface area (Å²) in [6, 6.07) is 8.05. The highest BCUT2D eigenvalue weighted by Crippen LogP contribution is 2.29. The standard InChI is InChI=1S/C11H15NO.ClH/c1-9-4-2-3-5-10(9)11(13)6-7-12-8-11;/h2-5,12-13H,6-8H2,1H3;1H. The van der Waals surface area contributed by atoms with Gasteiger partial charge in [-0.3, -0.25) is 0 Å². The second-order valence-corrected chi connectivity index (χ2v) is 3.77. The second kappa shape index (κ2) is 4.30. The molecule has 0 radical (unpaired) electrons. The van der Waals surface area contributed by atoms with E-state index in [-0.39, 0.29) is 12.4 Å².